The lowest BCUT2D eigenvalue weighted by molar-refractivity contribution is 0.0527. The Balaban J connectivity index is 2.18. The van der Waals surface area contributed by atoms with Gasteiger partial charge in [-0.1, -0.05) is 11.6 Å². The van der Waals surface area contributed by atoms with Crippen molar-refractivity contribution in [3.8, 4) is 0 Å². The molecule has 0 aliphatic rings. The summed E-state index contributed by atoms with van der Waals surface area (Å²) in [6, 6.07) is 0. The Bertz CT molecular complexity index is 485. The highest BCUT2D eigenvalue weighted by Gasteiger charge is 2.15. The smallest absolute Gasteiger partial charge is 0.407 e. The van der Waals surface area contributed by atoms with Crippen LogP contribution in [-0.2, 0) is 4.74 Å². The second-order valence-corrected chi connectivity index (χ2v) is 5.65. The highest BCUT2D eigenvalue weighted by atomic mass is 35.5. The first-order chi connectivity index (χ1) is 9.78. The first-order valence-corrected chi connectivity index (χ1v) is 6.88. The molecule has 1 rings (SSSR count). The third-order valence-corrected chi connectivity index (χ3v) is 2.36. The van der Waals surface area contributed by atoms with Crippen molar-refractivity contribution in [1.29, 1.82) is 0 Å². The number of ether oxygens (including phenoxy) is 1. The zero-order valence-electron chi connectivity index (χ0n) is 12.3. The van der Waals surface area contributed by atoms with Crippen LogP contribution in [0.1, 0.15) is 37.7 Å². The van der Waals surface area contributed by atoms with Crippen molar-refractivity contribution in [2.75, 3.05) is 13.1 Å². The number of rotatable bonds is 5. The van der Waals surface area contributed by atoms with Crippen LogP contribution in [0.25, 0.3) is 0 Å². The Morgan fingerprint density at radius 2 is 1.86 bits per heavy atom. The van der Waals surface area contributed by atoms with Crippen molar-refractivity contribution >= 4 is 23.6 Å². The number of carbonyl (C=O) groups is 2. The minimum Gasteiger partial charge on any atom is -0.444 e. The first kappa shape index (κ1) is 17.2. The van der Waals surface area contributed by atoms with Gasteiger partial charge in [-0.05, 0) is 27.2 Å². The van der Waals surface area contributed by atoms with E-state index in [2.05, 4.69) is 20.6 Å². The van der Waals surface area contributed by atoms with E-state index >= 15 is 0 Å². The molecule has 0 aliphatic carbocycles. The maximum Gasteiger partial charge on any atom is 0.407 e. The third-order valence-electron chi connectivity index (χ3n) is 2.16. The summed E-state index contributed by atoms with van der Waals surface area (Å²) in [5, 5.41) is 5.50. The molecule has 0 spiro atoms. The topological polar surface area (TPSA) is 93.2 Å². The molecule has 1 aromatic heterocycles. The molecular weight excluding hydrogens is 296 g/mol. The molecule has 0 saturated heterocycles. The number of nitrogens with one attached hydrogen (secondary N) is 2. The quantitative estimate of drug-likeness (QED) is 0.808. The minimum atomic E-state index is -0.522. The predicted octanol–water partition coefficient (Wildman–Crippen LogP) is 1.77. The van der Waals surface area contributed by atoms with Gasteiger partial charge in [-0.3, -0.25) is 4.79 Å². The Kier molecular flexibility index (Phi) is 6.36. The van der Waals surface area contributed by atoms with Crippen molar-refractivity contribution in [2.45, 2.75) is 32.8 Å². The normalized spacial score (nSPS) is 10.9. The fraction of sp³-hybridized carbons (Fsp3) is 0.538. The summed E-state index contributed by atoms with van der Waals surface area (Å²) in [4.78, 5) is 30.6. The SMILES string of the molecule is CC(C)(C)OC(=O)NCCCNC(=O)c1cnc(Cl)cn1. The molecule has 116 valence electrons. The lowest BCUT2D eigenvalue weighted by atomic mass is 10.2. The summed E-state index contributed by atoms with van der Waals surface area (Å²) in [6.07, 6.45) is 2.71. The standard InChI is InChI=1S/C13H19ClN4O3/c1-13(2,3)21-12(20)16-6-4-5-15-11(19)9-7-18-10(14)8-17-9/h7-8H,4-6H2,1-3H3,(H,15,19)(H,16,20). The molecule has 0 aromatic carbocycles. The second kappa shape index (κ2) is 7.78. The lowest BCUT2D eigenvalue weighted by Gasteiger charge is -2.19. The Labute approximate surface area is 128 Å². The van der Waals surface area contributed by atoms with Gasteiger partial charge in [-0.2, -0.15) is 0 Å². The highest BCUT2D eigenvalue weighted by Crippen LogP contribution is 2.06. The van der Waals surface area contributed by atoms with Gasteiger partial charge >= 0.3 is 6.09 Å². The van der Waals surface area contributed by atoms with Crippen LogP contribution < -0.4 is 10.6 Å². The van der Waals surface area contributed by atoms with Gasteiger partial charge in [0.25, 0.3) is 5.91 Å². The van der Waals surface area contributed by atoms with E-state index in [1.54, 1.807) is 20.8 Å². The largest absolute Gasteiger partial charge is 0.444 e. The molecular formula is C13H19ClN4O3. The van der Waals surface area contributed by atoms with Gasteiger partial charge in [-0.15, -0.1) is 0 Å². The van der Waals surface area contributed by atoms with E-state index in [0.717, 1.165) is 0 Å². The minimum absolute atomic E-state index is 0.194. The fourth-order valence-corrected chi connectivity index (χ4v) is 1.41. The summed E-state index contributed by atoms with van der Waals surface area (Å²) in [7, 11) is 0. The van der Waals surface area contributed by atoms with Crippen LogP contribution in [0.15, 0.2) is 12.4 Å². The first-order valence-electron chi connectivity index (χ1n) is 6.50. The fourth-order valence-electron chi connectivity index (χ4n) is 1.32. The zero-order valence-corrected chi connectivity index (χ0v) is 13.0. The van der Waals surface area contributed by atoms with Gasteiger partial charge in [0.1, 0.15) is 16.4 Å². The highest BCUT2D eigenvalue weighted by molar-refractivity contribution is 6.29. The van der Waals surface area contributed by atoms with E-state index in [-0.39, 0.29) is 16.8 Å². The van der Waals surface area contributed by atoms with E-state index < -0.39 is 11.7 Å². The summed E-state index contributed by atoms with van der Waals surface area (Å²) < 4.78 is 5.08. The van der Waals surface area contributed by atoms with Crippen LogP contribution in [0, 0.1) is 0 Å². The van der Waals surface area contributed by atoms with Gasteiger partial charge in [0, 0.05) is 13.1 Å². The van der Waals surface area contributed by atoms with Crippen LogP contribution in [0.2, 0.25) is 5.15 Å². The molecule has 2 amide bonds. The van der Waals surface area contributed by atoms with Crippen molar-refractivity contribution in [2.24, 2.45) is 0 Å². The molecule has 0 radical (unpaired) electrons. The number of nitrogens with zero attached hydrogens (tertiary/aromatic N) is 2. The molecule has 0 saturated carbocycles. The van der Waals surface area contributed by atoms with Crippen LogP contribution >= 0.6 is 11.6 Å². The van der Waals surface area contributed by atoms with Crippen molar-refractivity contribution in [1.82, 2.24) is 20.6 Å². The van der Waals surface area contributed by atoms with E-state index in [1.165, 1.54) is 12.4 Å². The van der Waals surface area contributed by atoms with Crippen LogP contribution in [0.3, 0.4) is 0 Å². The molecule has 21 heavy (non-hydrogen) atoms. The Morgan fingerprint density at radius 3 is 2.43 bits per heavy atom. The monoisotopic (exact) mass is 314 g/mol. The Hall–Kier alpha value is -1.89. The van der Waals surface area contributed by atoms with E-state index in [0.29, 0.717) is 19.5 Å². The molecule has 1 aromatic rings. The zero-order chi connectivity index (χ0) is 15.9. The molecule has 0 fully saturated rings. The molecule has 0 aliphatic heterocycles. The number of aromatic nitrogens is 2. The molecule has 2 N–H and O–H groups in total. The third kappa shape index (κ3) is 7.45. The molecule has 7 nitrogen and oxygen atoms in total. The summed E-state index contributed by atoms with van der Waals surface area (Å²) in [6.45, 7) is 6.18. The maximum atomic E-state index is 11.7. The van der Waals surface area contributed by atoms with Gasteiger partial charge in [0.15, 0.2) is 0 Å². The predicted molar refractivity (Wildman–Crippen MR) is 78.2 cm³/mol. The van der Waals surface area contributed by atoms with Gasteiger partial charge in [0.2, 0.25) is 0 Å². The summed E-state index contributed by atoms with van der Waals surface area (Å²) >= 11 is 5.58. The van der Waals surface area contributed by atoms with E-state index in [9.17, 15) is 9.59 Å². The molecule has 0 atom stereocenters. The average molecular weight is 315 g/mol. The van der Waals surface area contributed by atoms with Crippen LogP contribution in [0.5, 0.6) is 0 Å². The second-order valence-electron chi connectivity index (χ2n) is 5.26. The van der Waals surface area contributed by atoms with E-state index in [1.807, 2.05) is 0 Å². The van der Waals surface area contributed by atoms with E-state index in [4.69, 9.17) is 16.3 Å². The molecule has 1 heterocycles. The number of hydrogen-bond donors (Lipinski definition) is 2. The lowest BCUT2D eigenvalue weighted by Crippen LogP contribution is -2.34. The molecule has 8 heteroatoms. The summed E-state index contributed by atoms with van der Waals surface area (Å²) in [5.74, 6) is -0.337. The van der Waals surface area contributed by atoms with Crippen LogP contribution in [-0.4, -0.2) is 40.7 Å². The molecule has 0 bridgehead atoms. The van der Waals surface area contributed by atoms with Gasteiger partial charge < -0.3 is 15.4 Å². The van der Waals surface area contributed by atoms with Crippen molar-refractivity contribution < 1.29 is 14.3 Å². The van der Waals surface area contributed by atoms with Crippen LogP contribution in [0.4, 0.5) is 4.79 Å². The number of halogens is 1. The number of carbonyl (C=O) groups excluding carboxylic acids is 2. The summed E-state index contributed by atoms with van der Waals surface area (Å²) in [5.41, 5.74) is -0.328. The number of amides is 2. The van der Waals surface area contributed by atoms with Crippen molar-refractivity contribution in [3.05, 3.63) is 23.2 Å². The Morgan fingerprint density at radius 1 is 1.19 bits per heavy atom. The number of alkyl carbamates (subject to hydrolysis) is 1. The number of hydrogen-bond acceptors (Lipinski definition) is 5. The maximum absolute atomic E-state index is 11.7. The van der Waals surface area contributed by atoms with Gasteiger partial charge in [-0.25, -0.2) is 14.8 Å². The average Bonchev–Trinajstić information content (AvgIpc) is 2.36. The van der Waals surface area contributed by atoms with Gasteiger partial charge in [0.05, 0.1) is 12.4 Å². The van der Waals surface area contributed by atoms with Crippen molar-refractivity contribution in [3.63, 3.8) is 0 Å². The molecule has 0 unspecified atom stereocenters.